The van der Waals surface area contributed by atoms with E-state index in [0.29, 0.717) is 0 Å². The van der Waals surface area contributed by atoms with Gasteiger partial charge in [-0.25, -0.2) is 0 Å². The Labute approximate surface area is 63.0 Å². The smallest absolute Gasteiger partial charge is 0.391 e. The zero-order chi connectivity index (χ0) is 9.07. The van der Waals surface area contributed by atoms with E-state index in [0.717, 1.165) is 0 Å². The molecule has 0 radical (unpaired) electrons. The molecule has 0 aromatic rings. The number of alkyl halides is 3. The largest absolute Gasteiger partial charge is 0.411 e. The Kier molecular flexibility index (Phi) is 3.82. The van der Waals surface area contributed by atoms with Crippen LogP contribution < -0.4 is 0 Å². The van der Waals surface area contributed by atoms with Crippen LogP contribution in [0.3, 0.4) is 0 Å². The first-order chi connectivity index (χ1) is 4.83. The summed E-state index contributed by atoms with van der Waals surface area (Å²) in [6.45, 7) is 1.45. The summed E-state index contributed by atoms with van der Waals surface area (Å²) in [5.41, 5.74) is 0. The maximum absolute atomic E-state index is 11.5. The molecule has 0 fully saturated rings. The standard InChI is InChI=1S/C6H11F3O2/c1-4(10)5(2)11-3-6(7,8)9/h4-5,10H,3H2,1-2H3/t4-,5?/m1/s1. The lowest BCUT2D eigenvalue weighted by molar-refractivity contribution is -0.191. The van der Waals surface area contributed by atoms with Crippen molar-refractivity contribution in [1.29, 1.82) is 0 Å². The van der Waals surface area contributed by atoms with Gasteiger partial charge in [0.15, 0.2) is 0 Å². The summed E-state index contributed by atoms with van der Waals surface area (Å²) < 4.78 is 38.7. The van der Waals surface area contributed by atoms with Gasteiger partial charge >= 0.3 is 6.18 Å². The first kappa shape index (κ1) is 10.7. The van der Waals surface area contributed by atoms with Crippen LogP contribution in [0.25, 0.3) is 0 Å². The number of hydrogen-bond acceptors (Lipinski definition) is 2. The molecule has 0 aliphatic carbocycles. The van der Waals surface area contributed by atoms with Crippen molar-refractivity contribution in [2.45, 2.75) is 32.2 Å². The van der Waals surface area contributed by atoms with Crippen LogP contribution in [0.5, 0.6) is 0 Å². The van der Waals surface area contributed by atoms with Crippen molar-refractivity contribution < 1.29 is 23.0 Å². The summed E-state index contributed by atoms with van der Waals surface area (Å²) in [4.78, 5) is 0. The average Bonchev–Trinajstić information content (AvgIpc) is 1.80. The molecule has 0 rings (SSSR count). The fraction of sp³-hybridized carbons (Fsp3) is 1.00. The second kappa shape index (κ2) is 3.92. The van der Waals surface area contributed by atoms with Crippen LogP contribution in [0.4, 0.5) is 13.2 Å². The molecule has 0 saturated carbocycles. The van der Waals surface area contributed by atoms with Gasteiger partial charge in [0.25, 0.3) is 0 Å². The Hall–Kier alpha value is -0.290. The van der Waals surface area contributed by atoms with Crippen LogP contribution in [-0.4, -0.2) is 30.1 Å². The van der Waals surface area contributed by atoms with E-state index in [-0.39, 0.29) is 0 Å². The third kappa shape index (κ3) is 6.12. The second-order valence-corrected chi connectivity index (χ2v) is 2.37. The molecule has 2 atom stereocenters. The summed E-state index contributed by atoms with van der Waals surface area (Å²) in [6.07, 6.45) is -5.97. The third-order valence-electron chi connectivity index (χ3n) is 1.19. The molecule has 0 aliphatic rings. The van der Waals surface area contributed by atoms with Crippen molar-refractivity contribution in [2.24, 2.45) is 0 Å². The van der Waals surface area contributed by atoms with Crippen molar-refractivity contribution in [3.05, 3.63) is 0 Å². The van der Waals surface area contributed by atoms with Crippen molar-refractivity contribution in [3.8, 4) is 0 Å². The summed E-state index contributed by atoms with van der Waals surface area (Å²) in [5, 5.41) is 8.73. The lowest BCUT2D eigenvalue weighted by atomic mass is 10.3. The van der Waals surface area contributed by atoms with Crippen molar-refractivity contribution >= 4 is 0 Å². The lowest BCUT2D eigenvalue weighted by Crippen LogP contribution is -2.28. The van der Waals surface area contributed by atoms with E-state index < -0.39 is 25.0 Å². The van der Waals surface area contributed by atoms with Crippen LogP contribution in [0.1, 0.15) is 13.8 Å². The lowest BCUT2D eigenvalue weighted by Gasteiger charge is -2.16. The van der Waals surface area contributed by atoms with E-state index in [2.05, 4.69) is 4.74 Å². The Bertz CT molecular complexity index is 111. The molecule has 0 bridgehead atoms. The van der Waals surface area contributed by atoms with E-state index in [1.165, 1.54) is 13.8 Å². The van der Waals surface area contributed by atoms with E-state index in [4.69, 9.17) is 5.11 Å². The molecule has 0 heterocycles. The van der Waals surface area contributed by atoms with Crippen LogP contribution in [0.2, 0.25) is 0 Å². The molecular weight excluding hydrogens is 161 g/mol. The fourth-order valence-electron chi connectivity index (χ4n) is 0.365. The van der Waals surface area contributed by atoms with E-state index in [1.54, 1.807) is 0 Å². The van der Waals surface area contributed by atoms with Gasteiger partial charge in [-0.05, 0) is 13.8 Å². The normalized spacial score (nSPS) is 18.0. The maximum Gasteiger partial charge on any atom is 0.411 e. The highest BCUT2D eigenvalue weighted by Crippen LogP contribution is 2.15. The predicted molar refractivity (Wildman–Crippen MR) is 33.1 cm³/mol. The molecule has 0 saturated heterocycles. The van der Waals surface area contributed by atoms with Gasteiger partial charge in [0.05, 0.1) is 12.2 Å². The first-order valence-electron chi connectivity index (χ1n) is 3.19. The highest BCUT2D eigenvalue weighted by molar-refractivity contribution is 4.58. The number of rotatable bonds is 3. The van der Waals surface area contributed by atoms with Crippen molar-refractivity contribution in [3.63, 3.8) is 0 Å². The monoisotopic (exact) mass is 172 g/mol. The molecule has 5 heteroatoms. The summed E-state index contributed by atoms with van der Waals surface area (Å²) in [7, 11) is 0. The van der Waals surface area contributed by atoms with Crippen molar-refractivity contribution in [1.82, 2.24) is 0 Å². The van der Waals surface area contributed by atoms with Gasteiger partial charge in [-0.1, -0.05) is 0 Å². The average molecular weight is 172 g/mol. The SMILES string of the molecule is CC(OCC(F)(F)F)[C@@H](C)O. The summed E-state index contributed by atoms with van der Waals surface area (Å²) in [5.74, 6) is 0. The van der Waals surface area contributed by atoms with Crippen LogP contribution in [0.15, 0.2) is 0 Å². The van der Waals surface area contributed by atoms with Crippen molar-refractivity contribution in [2.75, 3.05) is 6.61 Å². The Morgan fingerprint density at radius 2 is 1.82 bits per heavy atom. The molecule has 68 valence electrons. The minimum absolute atomic E-state index is 0.781. The number of aliphatic hydroxyl groups is 1. The van der Waals surface area contributed by atoms with Gasteiger partial charge in [0.2, 0.25) is 0 Å². The van der Waals surface area contributed by atoms with E-state index in [1.807, 2.05) is 0 Å². The predicted octanol–water partition coefficient (Wildman–Crippen LogP) is 1.33. The topological polar surface area (TPSA) is 29.5 Å². The Balaban J connectivity index is 3.54. The molecule has 11 heavy (non-hydrogen) atoms. The zero-order valence-electron chi connectivity index (χ0n) is 6.35. The molecule has 1 N–H and O–H groups in total. The molecule has 1 unspecified atom stereocenters. The van der Waals surface area contributed by atoms with Gasteiger partial charge in [0, 0.05) is 0 Å². The summed E-state index contributed by atoms with van der Waals surface area (Å²) in [6, 6.07) is 0. The van der Waals surface area contributed by atoms with Gasteiger partial charge in [-0.3, -0.25) is 0 Å². The Morgan fingerprint density at radius 3 is 2.09 bits per heavy atom. The van der Waals surface area contributed by atoms with Crippen LogP contribution in [0, 0.1) is 0 Å². The molecule has 2 nitrogen and oxygen atoms in total. The number of hydrogen-bond donors (Lipinski definition) is 1. The highest BCUT2D eigenvalue weighted by Gasteiger charge is 2.29. The molecular formula is C6H11F3O2. The van der Waals surface area contributed by atoms with Gasteiger partial charge < -0.3 is 9.84 Å². The van der Waals surface area contributed by atoms with E-state index in [9.17, 15) is 13.2 Å². The maximum atomic E-state index is 11.5. The minimum atomic E-state index is -4.32. The number of halogens is 3. The highest BCUT2D eigenvalue weighted by atomic mass is 19.4. The number of ether oxygens (including phenoxy) is 1. The summed E-state index contributed by atoms with van der Waals surface area (Å²) >= 11 is 0. The van der Waals surface area contributed by atoms with Crippen LogP contribution >= 0.6 is 0 Å². The van der Waals surface area contributed by atoms with Gasteiger partial charge in [-0.15, -0.1) is 0 Å². The fourth-order valence-corrected chi connectivity index (χ4v) is 0.365. The molecule has 0 aromatic heterocycles. The molecule has 0 spiro atoms. The van der Waals surface area contributed by atoms with E-state index >= 15 is 0 Å². The second-order valence-electron chi connectivity index (χ2n) is 2.37. The van der Waals surface area contributed by atoms with Gasteiger partial charge in [-0.2, -0.15) is 13.2 Å². The molecule has 0 aliphatic heterocycles. The first-order valence-corrected chi connectivity index (χ1v) is 3.19. The molecule has 0 amide bonds. The third-order valence-corrected chi connectivity index (χ3v) is 1.19. The minimum Gasteiger partial charge on any atom is -0.391 e. The quantitative estimate of drug-likeness (QED) is 0.696. The van der Waals surface area contributed by atoms with Crippen LogP contribution in [-0.2, 0) is 4.74 Å². The van der Waals surface area contributed by atoms with Gasteiger partial charge in [0.1, 0.15) is 6.61 Å². The zero-order valence-corrected chi connectivity index (χ0v) is 6.35. The Morgan fingerprint density at radius 1 is 1.36 bits per heavy atom. The number of aliphatic hydroxyl groups excluding tert-OH is 1. The molecule has 0 aromatic carbocycles.